The first kappa shape index (κ1) is 27.0. The Hall–Kier alpha value is -5.16. The van der Waals surface area contributed by atoms with Crippen LogP contribution in [0.2, 0.25) is 0 Å². The van der Waals surface area contributed by atoms with Crippen LogP contribution in [0.1, 0.15) is 47.4 Å². The van der Waals surface area contributed by atoms with E-state index in [0.717, 1.165) is 30.8 Å². The molecular weight excluding hydrogens is 536 g/mol. The minimum absolute atomic E-state index is 0.105. The minimum atomic E-state index is -0.855. The predicted octanol–water partition coefficient (Wildman–Crippen LogP) is 4.62. The third kappa shape index (κ3) is 5.68. The number of fused-ring (bicyclic) bond motifs is 1. The normalized spacial score (nSPS) is 19.8. The number of urea groups is 1. The number of anilines is 1. The summed E-state index contributed by atoms with van der Waals surface area (Å²) in [7, 11) is 0. The van der Waals surface area contributed by atoms with Crippen molar-refractivity contribution in [2.75, 3.05) is 18.4 Å². The Kier molecular flexibility index (Phi) is 7.32. The number of likely N-dealkylation sites (tertiary alicyclic amines) is 1. The van der Waals surface area contributed by atoms with Crippen molar-refractivity contribution in [2.24, 2.45) is 4.99 Å². The number of amides is 4. The number of benzene rings is 3. The first-order valence-corrected chi connectivity index (χ1v) is 13.8. The van der Waals surface area contributed by atoms with E-state index in [0.29, 0.717) is 28.2 Å². The molecule has 3 N–H and O–H groups in total. The highest BCUT2D eigenvalue weighted by Crippen LogP contribution is 2.38. The summed E-state index contributed by atoms with van der Waals surface area (Å²) < 4.78 is 0. The number of nitrogens with zero attached hydrogens (tertiary/aromatic N) is 3. The second-order valence-electron chi connectivity index (χ2n) is 10.5. The molecular formula is C31H28N6O5. The Morgan fingerprint density at radius 1 is 0.929 bits per heavy atom. The molecule has 0 saturated carbocycles. The van der Waals surface area contributed by atoms with E-state index in [2.05, 4.69) is 20.9 Å². The third-order valence-electron chi connectivity index (χ3n) is 7.63. The molecule has 0 radical (unpaired) electrons. The number of carbonyl (C=O) groups excluding carboxylic acids is 3. The molecule has 3 aliphatic heterocycles. The van der Waals surface area contributed by atoms with Crippen LogP contribution in [0.3, 0.4) is 0 Å². The minimum Gasteiger partial charge on any atom is -0.325 e. The number of rotatable bonds is 7. The summed E-state index contributed by atoms with van der Waals surface area (Å²) in [6, 6.07) is 18.7. The fraction of sp³-hybridized carbons (Fsp3) is 0.226. The van der Waals surface area contributed by atoms with Crippen LogP contribution < -0.4 is 16.0 Å². The molecule has 3 aliphatic rings. The summed E-state index contributed by atoms with van der Waals surface area (Å²) in [6.07, 6.45) is 5.22. The van der Waals surface area contributed by atoms with E-state index in [9.17, 15) is 24.5 Å². The number of hydrogen-bond donors (Lipinski definition) is 3. The zero-order chi connectivity index (χ0) is 29.2. The van der Waals surface area contributed by atoms with E-state index in [4.69, 9.17) is 4.99 Å². The Bertz CT molecular complexity index is 1640. The Morgan fingerprint density at radius 2 is 1.67 bits per heavy atom. The molecule has 11 heteroatoms. The smallest absolute Gasteiger partial charge is 0.325 e. The lowest BCUT2D eigenvalue weighted by Gasteiger charge is -2.26. The molecule has 3 heterocycles. The van der Waals surface area contributed by atoms with E-state index in [1.807, 2.05) is 24.3 Å². The van der Waals surface area contributed by atoms with Crippen LogP contribution in [0.15, 0.2) is 77.4 Å². The lowest BCUT2D eigenvalue weighted by molar-refractivity contribution is -0.384. The van der Waals surface area contributed by atoms with Crippen molar-refractivity contribution < 1.29 is 19.3 Å². The highest BCUT2D eigenvalue weighted by Gasteiger charge is 2.36. The summed E-state index contributed by atoms with van der Waals surface area (Å²) in [5.74, 6) is -1.67. The van der Waals surface area contributed by atoms with Crippen molar-refractivity contribution in [3.63, 3.8) is 0 Å². The van der Waals surface area contributed by atoms with Crippen molar-refractivity contribution in [2.45, 2.75) is 31.7 Å². The molecule has 1 unspecified atom stereocenters. The lowest BCUT2D eigenvalue weighted by Crippen LogP contribution is -2.29. The van der Waals surface area contributed by atoms with Gasteiger partial charge in [-0.3, -0.25) is 34.9 Å². The summed E-state index contributed by atoms with van der Waals surface area (Å²) >= 11 is 0. The SMILES string of the molecule is O=C1NC(=O)C(=Cc2ccc(N=C(c3ccc(CN4CCCCC4)cc3)C3C(=O)Nc4ccc([N+](=O)[O-])cc43)cc2)N1. The van der Waals surface area contributed by atoms with E-state index < -0.39 is 22.8 Å². The molecule has 0 aliphatic carbocycles. The second-order valence-corrected chi connectivity index (χ2v) is 10.5. The maximum absolute atomic E-state index is 13.3. The molecule has 42 heavy (non-hydrogen) atoms. The van der Waals surface area contributed by atoms with Gasteiger partial charge in [-0.25, -0.2) is 4.79 Å². The summed E-state index contributed by atoms with van der Waals surface area (Å²) in [5, 5.41) is 19.0. The maximum Gasteiger partial charge on any atom is 0.326 e. The lowest BCUT2D eigenvalue weighted by atomic mass is 9.90. The molecule has 6 rings (SSSR count). The highest BCUT2D eigenvalue weighted by molar-refractivity contribution is 6.24. The molecule has 2 fully saturated rings. The van der Waals surface area contributed by atoms with Crippen molar-refractivity contribution in [3.05, 3.63) is 105 Å². The number of aliphatic imine (C=N–C) groups is 1. The number of non-ortho nitro benzene ring substituents is 1. The van der Waals surface area contributed by atoms with E-state index >= 15 is 0 Å². The van der Waals surface area contributed by atoms with E-state index in [1.54, 1.807) is 36.4 Å². The molecule has 0 aromatic heterocycles. The predicted molar refractivity (Wildman–Crippen MR) is 157 cm³/mol. The van der Waals surface area contributed by atoms with Crippen molar-refractivity contribution in [1.29, 1.82) is 0 Å². The Labute approximate surface area is 241 Å². The first-order valence-electron chi connectivity index (χ1n) is 13.8. The number of hydrogen-bond acceptors (Lipinski definition) is 7. The average Bonchev–Trinajstić information content (AvgIpc) is 3.49. The second kappa shape index (κ2) is 11.4. The molecule has 11 nitrogen and oxygen atoms in total. The van der Waals surface area contributed by atoms with Gasteiger partial charge in [0.05, 0.1) is 16.3 Å². The first-order chi connectivity index (χ1) is 20.3. The van der Waals surface area contributed by atoms with Crippen LogP contribution in [0.25, 0.3) is 6.08 Å². The van der Waals surface area contributed by atoms with Crippen LogP contribution in [-0.2, 0) is 16.1 Å². The maximum atomic E-state index is 13.3. The Morgan fingerprint density at radius 3 is 2.33 bits per heavy atom. The zero-order valence-corrected chi connectivity index (χ0v) is 22.6. The number of carbonyl (C=O) groups is 3. The number of imide groups is 1. The average molecular weight is 565 g/mol. The third-order valence-corrected chi connectivity index (χ3v) is 7.63. The van der Waals surface area contributed by atoms with Crippen LogP contribution in [0.4, 0.5) is 21.9 Å². The molecule has 3 aromatic rings. The van der Waals surface area contributed by atoms with Gasteiger partial charge < -0.3 is 10.6 Å². The largest absolute Gasteiger partial charge is 0.326 e. The van der Waals surface area contributed by atoms with Gasteiger partial charge in [-0.1, -0.05) is 42.8 Å². The molecule has 1 atom stereocenters. The van der Waals surface area contributed by atoms with Gasteiger partial charge in [0.15, 0.2) is 0 Å². The molecule has 2 saturated heterocycles. The quantitative estimate of drug-likeness (QED) is 0.126. The summed E-state index contributed by atoms with van der Waals surface area (Å²) in [6.45, 7) is 3.01. The summed E-state index contributed by atoms with van der Waals surface area (Å²) in [4.78, 5) is 55.0. The van der Waals surface area contributed by atoms with Crippen molar-refractivity contribution in [1.82, 2.24) is 15.5 Å². The topological polar surface area (TPSA) is 146 Å². The summed E-state index contributed by atoms with van der Waals surface area (Å²) in [5.41, 5.74) is 4.62. The Balaban J connectivity index is 1.36. The van der Waals surface area contributed by atoms with Crippen LogP contribution in [0.5, 0.6) is 0 Å². The van der Waals surface area contributed by atoms with Crippen LogP contribution in [0, 0.1) is 10.1 Å². The monoisotopic (exact) mass is 564 g/mol. The molecule has 212 valence electrons. The number of nitro benzene ring substituents is 1. The molecule has 0 spiro atoms. The van der Waals surface area contributed by atoms with Crippen molar-refractivity contribution in [3.8, 4) is 0 Å². The van der Waals surface area contributed by atoms with Crippen LogP contribution >= 0.6 is 0 Å². The van der Waals surface area contributed by atoms with Gasteiger partial charge in [0.25, 0.3) is 11.6 Å². The molecule has 3 aromatic carbocycles. The van der Waals surface area contributed by atoms with E-state index in [1.165, 1.54) is 31.4 Å². The number of nitrogens with one attached hydrogen (secondary N) is 3. The van der Waals surface area contributed by atoms with Gasteiger partial charge in [0, 0.05) is 29.9 Å². The van der Waals surface area contributed by atoms with Crippen molar-refractivity contribution >= 4 is 46.7 Å². The van der Waals surface area contributed by atoms with Gasteiger partial charge in [0.1, 0.15) is 11.6 Å². The number of piperidine rings is 1. The van der Waals surface area contributed by atoms with Gasteiger partial charge in [-0.2, -0.15) is 0 Å². The standard InChI is InChI=1S/C31H28N6O5/c38-29-26(34-31(40)35-29)16-19-6-10-22(11-7-19)32-28(21-8-4-20(5-9-21)18-36-14-2-1-3-15-36)27-24-17-23(37(41)42)12-13-25(24)33-30(27)39/h4-13,16-17,27H,1-3,14-15,18H2,(H,33,39)(H2,34,35,38,40). The van der Waals surface area contributed by atoms with Gasteiger partial charge in [-0.15, -0.1) is 0 Å². The fourth-order valence-corrected chi connectivity index (χ4v) is 5.52. The van der Waals surface area contributed by atoms with Gasteiger partial charge >= 0.3 is 6.03 Å². The molecule has 0 bridgehead atoms. The molecule has 4 amide bonds. The van der Waals surface area contributed by atoms with Gasteiger partial charge in [-0.05, 0) is 66.9 Å². The van der Waals surface area contributed by atoms with Crippen LogP contribution in [-0.4, -0.2) is 46.5 Å². The van der Waals surface area contributed by atoms with Gasteiger partial charge in [0.2, 0.25) is 5.91 Å². The zero-order valence-electron chi connectivity index (χ0n) is 22.6. The highest BCUT2D eigenvalue weighted by atomic mass is 16.6. The fourth-order valence-electron chi connectivity index (χ4n) is 5.52. The number of nitro groups is 1. The van der Waals surface area contributed by atoms with E-state index in [-0.39, 0.29) is 17.3 Å².